The molecule has 6 heteroatoms. The minimum atomic E-state index is -0.975. The quantitative estimate of drug-likeness (QED) is 0.926. The molecule has 0 bridgehead atoms. The van der Waals surface area contributed by atoms with Crippen molar-refractivity contribution in [2.45, 2.75) is 26.7 Å². The van der Waals surface area contributed by atoms with Crippen molar-refractivity contribution >= 4 is 28.6 Å². The van der Waals surface area contributed by atoms with Gasteiger partial charge in [-0.05, 0) is 13.3 Å². The molecule has 2 aromatic rings. The van der Waals surface area contributed by atoms with Crippen LogP contribution in [-0.2, 0) is 12.8 Å². The molecular weight excluding hydrogens is 256 g/mol. The van der Waals surface area contributed by atoms with Gasteiger partial charge in [0.25, 0.3) is 0 Å². The second-order valence-corrected chi connectivity index (χ2v) is 5.80. The SMILES string of the molecule is CCc1nc(Cc2nc(C(=O)O)cs2)sc1C. The third kappa shape index (κ3) is 2.70. The number of thiazole rings is 2. The number of aromatic carboxylic acids is 1. The largest absolute Gasteiger partial charge is 0.476 e. The molecule has 4 nitrogen and oxygen atoms in total. The van der Waals surface area contributed by atoms with Gasteiger partial charge in [-0.3, -0.25) is 0 Å². The van der Waals surface area contributed by atoms with Crippen molar-refractivity contribution in [2.75, 3.05) is 0 Å². The van der Waals surface area contributed by atoms with Crippen LogP contribution in [0.25, 0.3) is 0 Å². The standard InChI is InChI=1S/C11H12N2O2S2/c1-3-7-6(2)17-10(12-7)4-9-13-8(5-16-9)11(14)15/h5H,3-4H2,1-2H3,(H,14,15). The summed E-state index contributed by atoms with van der Waals surface area (Å²) in [7, 11) is 0. The van der Waals surface area contributed by atoms with Crippen molar-refractivity contribution in [3.8, 4) is 0 Å². The van der Waals surface area contributed by atoms with Crippen molar-refractivity contribution in [1.82, 2.24) is 9.97 Å². The lowest BCUT2D eigenvalue weighted by Gasteiger charge is -1.90. The van der Waals surface area contributed by atoms with Crippen LogP contribution < -0.4 is 0 Å². The number of hydrogen-bond donors (Lipinski definition) is 1. The molecule has 2 rings (SSSR count). The molecule has 0 fully saturated rings. The molecule has 0 unspecified atom stereocenters. The first-order valence-electron chi connectivity index (χ1n) is 5.23. The number of hydrogen-bond acceptors (Lipinski definition) is 5. The summed E-state index contributed by atoms with van der Waals surface area (Å²) < 4.78 is 0. The maximum atomic E-state index is 10.7. The average Bonchev–Trinajstić information content (AvgIpc) is 2.86. The number of nitrogens with zero attached hydrogens (tertiary/aromatic N) is 2. The van der Waals surface area contributed by atoms with Crippen molar-refractivity contribution in [2.24, 2.45) is 0 Å². The smallest absolute Gasteiger partial charge is 0.355 e. The van der Waals surface area contributed by atoms with Gasteiger partial charge in [-0.15, -0.1) is 22.7 Å². The molecule has 0 aliphatic rings. The Bertz CT molecular complexity index is 545. The second-order valence-electron chi connectivity index (χ2n) is 3.57. The summed E-state index contributed by atoms with van der Waals surface area (Å²) in [5.41, 5.74) is 1.24. The first-order chi connectivity index (χ1) is 8.10. The van der Waals surface area contributed by atoms with Gasteiger partial charge < -0.3 is 5.11 Å². The third-order valence-corrected chi connectivity index (χ3v) is 4.21. The zero-order valence-corrected chi connectivity index (χ0v) is 11.2. The molecule has 2 aromatic heterocycles. The van der Waals surface area contributed by atoms with Crippen LogP contribution in [0.3, 0.4) is 0 Å². The van der Waals surface area contributed by atoms with Crippen LogP contribution in [0, 0.1) is 6.92 Å². The fraction of sp³-hybridized carbons (Fsp3) is 0.364. The highest BCUT2D eigenvalue weighted by molar-refractivity contribution is 7.12. The number of aromatic nitrogens is 2. The monoisotopic (exact) mass is 268 g/mol. The summed E-state index contributed by atoms with van der Waals surface area (Å²) in [6.45, 7) is 4.14. The highest BCUT2D eigenvalue weighted by atomic mass is 32.1. The van der Waals surface area contributed by atoms with E-state index in [1.54, 1.807) is 16.7 Å². The molecular formula is C11H12N2O2S2. The summed E-state index contributed by atoms with van der Waals surface area (Å²) in [4.78, 5) is 20.5. The first kappa shape index (κ1) is 12.2. The Morgan fingerprint density at radius 2 is 2.18 bits per heavy atom. The minimum Gasteiger partial charge on any atom is -0.476 e. The van der Waals surface area contributed by atoms with E-state index < -0.39 is 5.97 Å². The summed E-state index contributed by atoms with van der Waals surface area (Å²) in [5, 5.41) is 12.2. The molecule has 1 N–H and O–H groups in total. The van der Waals surface area contributed by atoms with E-state index >= 15 is 0 Å². The van der Waals surface area contributed by atoms with E-state index in [0.29, 0.717) is 6.42 Å². The Balaban J connectivity index is 2.16. The maximum absolute atomic E-state index is 10.7. The molecule has 2 heterocycles. The summed E-state index contributed by atoms with van der Waals surface area (Å²) in [5.74, 6) is -0.975. The van der Waals surface area contributed by atoms with E-state index in [9.17, 15) is 4.79 Å². The van der Waals surface area contributed by atoms with E-state index in [1.807, 2.05) is 0 Å². The fourth-order valence-corrected chi connectivity index (χ4v) is 3.40. The first-order valence-corrected chi connectivity index (χ1v) is 6.92. The van der Waals surface area contributed by atoms with Gasteiger partial charge >= 0.3 is 5.97 Å². The summed E-state index contributed by atoms with van der Waals surface area (Å²) in [6.07, 6.45) is 1.56. The Labute approximate surface area is 107 Å². The van der Waals surface area contributed by atoms with Crippen LogP contribution in [0.4, 0.5) is 0 Å². The van der Waals surface area contributed by atoms with E-state index in [4.69, 9.17) is 5.11 Å². The highest BCUT2D eigenvalue weighted by Crippen LogP contribution is 2.22. The van der Waals surface area contributed by atoms with E-state index in [-0.39, 0.29) is 5.69 Å². The van der Waals surface area contributed by atoms with E-state index in [0.717, 1.165) is 22.1 Å². The van der Waals surface area contributed by atoms with Crippen molar-refractivity contribution < 1.29 is 9.90 Å². The number of carboxylic acids is 1. The summed E-state index contributed by atoms with van der Waals surface area (Å²) >= 11 is 3.03. The Morgan fingerprint density at radius 3 is 2.71 bits per heavy atom. The van der Waals surface area contributed by atoms with Gasteiger partial charge in [-0.1, -0.05) is 6.92 Å². The third-order valence-electron chi connectivity index (χ3n) is 2.35. The average molecular weight is 268 g/mol. The van der Waals surface area contributed by atoms with Gasteiger partial charge in [-0.2, -0.15) is 0 Å². The lowest BCUT2D eigenvalue weighted by Crippen LogP contribution is -1.97. The predicted octanol–water partition coefficient (Wildman–Crippen LogP) is 2.76. The molecule has 0 saturated heterocycles. The molecule has 0 amide bonds. The van der Waals surface area contributed by atoms with Crippen molar-refractivity contribution in [1.29, 1.82) is 0 Å². The molecule has 90 valence electrons. The molecule has 0 aromatic carbocycles. The molecule has 0 aliphatic carbocycles. The van der Waals surface area contributed by atoms with Crippen molar-refractivity contribution in [3.63, 3.8) is 0 Å². The van der Waals surface area contributed by atoms with Gasteiger partial charge in [-0.25, -0.2) is 14.8 Å². The van der Waals surface area contributed by atoms with Crippen LogP contribution in [0.2, 0.25) is 0 Å². The van der Waals surface area contributed by atoms with Crippen LogP contribution in [0.1, 0.15) is 38.0 Å². The molecule has 0 radical (unpaired) electrons. The summed E-state index contributed by atoms with van der Waals surface area (Å²) in [6, 6.07) is 0. The predicted molar refractivity (Wildman–Crippen MR) is 68.1 cm³/mol. The number of carbonyl (C=O) groups is 1. The van der Waals surface area contributed by atoms with E-state index in [1.165, 1.54) is 16.2 Å². The van der Waals surface area contributed by atoms with E-state index in [2.05, 4.69) is 23.8 Å². The minimum absolute atomic E-state index is 0.119. The zero-order chi connectivity index (χ0) is 12.4. The van der Waals surface area contributed by atoms with Crippen molar-refractivity contribution in [3.05, 3.63) is 31.7 Å². The molecule has 0 atom stereocenters. The van der Waals surface area contributed by atoms with Gasteiger partial charge in [0.1, 0.15) is 5.01 Å². The van der Waals surface area contributed by atoms with Crippen LogP contribution in [-0.4, -0.2) is 21.0 Å². The highest BCUT2D eigenvalue weighted by Gasteiger charge is 2.12. The Hall–Kier alpha value is -1.27. The number of rotatable bonds is 4. The molecule has 17 heavy (non-hydrogen) atoms. The lowest BCUT2D eigenvalue weighted by molar-refractivity contribution is 0.0691. The molecule has 0 saturated carbocycles. The second kappa shape index (κ2) is 4.93. The Morgan fingerprint density at radius 1 is 1.41 bits per heavy atom. The fourth-order valence-electron chi connectivity index (χ4n) is 1.51. The zero-order valence-electron chi connectivity index (χ0n) is 9.56. The normalized spacial score (nSPS) is 10.7. The van der Waals surface area contributed by atoms with Crippen LogP contribution >= 0.6 is 22.7 Å². The van der Waals surface area contributed by atoms with Crippen LogP contribution in [0.5, 0.6) is 0 Å². The number of aryl methyl sites for hydroxylation is 2. The lowest BCUT2D eigenvalue weighted by atomic mass is 10.3. The molecule has 0 spiro atoms. The topological polar surface area (TPSA) is 63.1 Å². The maximum Gasteiger partial charge on any atom is 0.355 e. The number of carboxylic acid groups (broad SMARTS) is 1. The van der Waals surface area contributed by atoms with Gasteiger partial charge in [0.05, 0.1) is 17.1 Å². The van der Waals surface area contributed by atoms with Crippen LogP contribution in [0.15, 0.2) is 5.38 Å². The molecule has 0 aliphatic heterocycles. The van der Waals surface area contributed by atoms with Gasteiger partial charge in [0.15, 0.2) is 5.69 Å². The van der Waals surface area contributed by atoms with Gasteiger partial charge in [0.2, 0.25) is 0 Å². The Kier molecular flexibility index (Phi) is 3.54. The van der Waals surface area contributed by atoms with Gasteiger partial charge in [0, 0.05) is 10.3 Å².